The molecule has 2 heteroatoms. The average molecular weight is 475 g/mol. The summed E-state index contributed by atoms with van der Waals surface area (Å²) in [6.07, 6.45) is 31.4. The fraction of sp³-hybridized carbons (Fsp3) is 0.969. The van der Waals surface area contributed by atoms with Gasteiger partial charge in [0.2, 0.25) is 0 Å². The predicted molar refractivity (Wildman–Crippen MR) is 145 cm³/mol. The summed E-state index contributed by atoms with van der Waals surface area (Å²) in [5.74, 6) is 2.11. The van der Waals surface area contributed by atoms with Crippen LogP contribution in [0.15, 0.2) is 0 Å². The molecule has 3 saturated carbocycles. The molecule has 0 aliphatic heterocycles. The first-order valence-electron chi connectivity index (χ1n) is 15.8. The molecule has 198 valence electrons. The van der Waals surface area contributed by atoms with Crippen LogP contribution in [0.3, 0.4) is 0 Å². The van der Waals surface area contributed by atoms with Crippen molar-refractivity contribution in [1.29, 1.82) is 0 Å². The number of rotatable bonds is 14. The van der Waals surface area contributed by atoms with Crippen LogP contribution in [0.5, 0.6) is 0 Å². The van der Waals surface area contributed by atoms with E-state index < -0.39 is 0 Å². The zero-order chi connectivity index (χ0) is 24.1. The Kier molecular flexibility index (Phi) is 12.3. The van der Waals surface area contributed by atoms with Crippen molar-refractivity contribution in [2.45, 2.75) is 168 Å². The van der Waals surface area contributed by atoms with Crippen LogP contribution in [-0.2, 0) is 9.53 Å². The normalized spacial score (nSPS) is 28.0. The minimum Gasteiger partial charge on any atom is -0.465 e. The summed E-state index contributed by atoms with van der Waals surface area (Å²) in [5, 5.41) is 0. The fourth-order valence-electron chi connectivity index (χ4n) is 8.36. The van der Waals surface area contributed by atoms with Crippen molar-refractivity contribution in [2.75, 3.05) is 6.61 Å². The van der Waals surface area contributed by atoms with E-state index in [-0.39, 0.29) is 16.8 Å². The molecule has 3 rings (SSSR count). The molecule has 0 radical (unpaired) electrons. The van der Waals surface area contributed by atoms with E-state index in [1.54, 1.807) is 0 Å². The van der Waals surface area contributed by atoms with E-state index in [1.165, 1.54) is 135 Å². The van der Waals surface area contributed by atoms with Gasteiger partial charge < -0.3 is 4.74 Å². The number of unbranched alkanes of at least 4 members (excludes halogenated alkanes) is 7. The standard InChI is InChI=1S/C32H58O2/c1-3-5-6-7-8-9-10-17-27-34-30(33)32(23-15-12-16-24-32)31(22-4-2)25-20-29(21-26-31)28-18-13-11-14-19-28/h28-29H,3-27H2,1-2H3. The van der Waals surface area contributed by atoms with Crippen molar-refractivity contribution in [2.24, 2.45) is 22.7 Å². The van der Waals surface area contributed by atoms with Crippen LogP contribution in [0.25, 0.3) is 0 Å². The molecule has 0 aromatic heterocycles. The van der Waals surface area contributed by atoms with Crippen molar-refractivity contribution < 1.29 is 9.53 Å². The average Bonchev–Trinajstić information content (AvgIpc) is 2.89. The molecule has 0 heterocycles. The van der Waals surface area contributed by atoms with Crippen molar-refractivity contribution >= 4 is 5.97 Å². The van der Waals surface area contributed by atoms with Gasteiger partial charge in [0.25, 0.3) is 0 Å². The zero-order valence-corrected chi connectivity index (χ0v) is 23.1. The molecule has 0 aromatic rings. The maximum Gasteiger partial charge on any atom is 0.312 e. The second-order valence-corrected chi connectivity index (χ2v) is 12.5. The van der Waals surface area contributed by atoms with Crippen molar-refractivity contribution in [3.63, 3.8) is 0 Å². The highest BCUT2D eigenvalue weighted by Gasteiger charge is 2.57. The SMILES string of the molecule is CCCCCCCCCCOC(=O)C1(C2(CCC)CCC(C3CCCCC3)CC2)CCCCC1. The zero-order valence-electron chi connectivity index (χ0n) is 23.1. The molecule has 2 nitrogen and oxygen atoms in total. The first-order valence-corrected chi connectivity index (χ1v) is 15.8. The third-order valence-electron chi connectivity index (χ3n) is 10.4. The lowest BCUT2D eigenvalue weighted by Gasteiger charge is -2.55. The van der Waals surface area contributed by atoms with Crippen molar-refractivity contribution in [1.82, 2.24) is 0 Å². The monoisotopic (exact) mass is 474 g/mol. The molecule has 3 aliphatic carbocycles. The van der Waals surface area contributed by atoms with Gasteiger partial charge >= 0.3 is 5.97 Å². The molecule has 0 amide bonds. The molecule has 0 bridgehead atoms. The number of carbonyl (C=O) groups is 1. The van der Waals surface area contributed by atoms with Gasteiger partial charge in [-0.2, -0.15) is 0 Å². The van der Waals surface area contributed by atoms with Crippen molar-refractivity contribution in [3.05, 3.63) is 0 Å². The number of ether oxygens (including phenoxy) is 1. The lowest BCUT2D eigenvalue weighted by Crippen LogP contribution is -2.52. The fourth-order valence-corrected chi connectivity index (χ4v) is 8.36. The van der Waals surface area contributed by atoms with E-state index in [4.69, 9.17) is 4.74 Å². The Labute approximate surface area is 212 Å². The van der Waals surface area contributed by atoms with Gasteiger partial charge in [0.05, 0.1) is 12.0 Å². The highest BCUT2D eigenvalue weighted by Crippen LogP contribution is 2.61. The first kappa shape index (κ1) is 28.0. The van der Waals surface area contributed by atoms with Crippen LogP contribution in [0.4, 0.5) is 0 Å². The molecule has 0 aromatic carbocycles. The smallest absolute Gasteiger partial charge is 0.312 e. The quantitative estimate of drug-likeness (QED) is 0.185. The van der Waals surface area contributed by atoms with Crippen LogP contribution in [0, 0.1) is 22.7 Å². The van der Waals surface area contributed by atoms with Gasteiger partial charge in [-0.1, -0.05) is 117 Å². The summed E-state index contributed by atoms with van der Waals surface area (Å²) in [5.41, 5.74) is 0.0304. The van der Waals surface area contributed by atoms with E-state index in [9.17, 15) is 4.79 Å². The molecule has 3 fully saturated rings. The van der Waals surface area contributed by atoms with E-state index in [2.05, 4.69) is 13.8 Å². The lowest BCUT2D eigenvalue weighted by atomic mass is 9.49. The number of hydrogen-bond acceptors (Lipinski definition) is 2. The summed E-state index contributed by atoms with van der Waals surface area (Å²) < 4.78 is 6.16. The molecular weight excluding hydrogens is 416 g/mol. The third-order valence-corrected chi connectivity index (χ3v) is 10.4. The highest BCUT2D eigenvalue weighted by molar-refractivity contribution is 5.78. The first-order chi connectivity index (χ1) is 16.7. The maximum absolute atomic E-state index is 13.9. The summed E-state index contributed by atoms with van der Waals surface area (Å²) >= 11 is 0. The lowest BCUT2D eigenvalue weighted by molar-refractivity contribution is -0.175. The molecule has 0 spiro atoms. The van der Waals surface area contributed by atoms with Crippen LogP contribution >= 0.6 is 0 Å². The van der Waals surface area contributed by atoms with Gasteiger partial charge in [0.1, 0.15) is 0 Å². The minimum atomic E-state index is -0.182. The predicted octanol–water partition coefficient (Wildman–Crippen LogP) is 10.2. The summed E-state index contributed by atoms with van der Waals surface area (Å²) in [7, 11) is 0. The van der Waals surface area contributed by atoms with Crippen LogP contribution in [0.1, 0.15) is 168 Å². The minimum absolute atomic E-state index is 0.182. The molecule has 34 heavy (non-hydrogen) atoms. The summed E-state index contributed by atoms with van der Waals surface area (Å²) in [6, 6.07) is 0. The molecule has 0 atom stereocenters. The molecular formula is C32H58O2. The van der Waals surface area contributed by atoms with Crippen molar-refractivity contribution in [3.8, 4) is 0 Å². The van der Waals surface area contributed by atoms with Gasteiger partial charge in [-0.25, -0.2) is 0 Å². The molecule has 0 N–H and O–H groups in total. The van der Waals surface area contributed by atoms with Gasteiger partial charge in [-0.15, -0.1) is 0 Å². The maximum atomic E-state index is 13.9. The van der Waals surface area contributed by atoms with Crippen LogP contribution < -0.4 is 0 Å². The van der Waals surface area contributed by atoms with E-state index in [0.29, 0.717) is 6.61 Å². The Morgan fingerprint density at radius 1 is 0.647 bits per heavy atom. The molecule has 3 aliphatic rings. The van der Waals surface area contributed by atoms with Crippen LogP contribution in [-0.4, -0.2) is 12.6 Å². The topological polar surface area (TPSA) is 26.3 Å². The van der Waals surface area contributed by atoms with Gasteiger partial charge in [-0.3, -0.25) is 4.79 Å². The van der Waals surface area contributed by atoms with Crippen LogP contribution in [0.2, 0.25) is 0 Å². The van der Waals surface area contributed by atoms with E-state index >= 15 is 0 Å². The summed E-state index contributed by atoms with van der Waals surface area (Å²) in [4.78, 5) is 13.9. The molecule has 0 unspecified atom stereocenters. The Bertz CT molecular complexity index is 547. The second-order valence-electron chi connectivity index (χ2n) is 12.5. The number of hydrogen-bond donors (Lipinski definition) is 0. The Balaban J connectivity index is 1.55. The largest absolute Gasteiger partial charge is 0.465 e. The van der Waals surface area contributed by atoms with Gasteiger partial charge in [0, 0.05) is 0 Å². The summed E-state index contributed by atoms with van der Waals surface area (Å²) in [6.45, 7) is 5.28. The van der Waals surface area contributed by atoms with E-state index in [1.807, 2.05) is 0 Å². The van der Waals surface area contributed by atoms with Gasteiger partial charge in [-0.05, 0) is 68.6 Å². The Morgan fingerprint density at radius 3 is 1.82 bits per heavy atom. The number of esters is 1. The Hall–Kier alpha value is -0.530. The molecule has 0 saturated heterocycles. The third kappa shape index (κ3) is 7.25. The second kappa shape index (κ2) is 14.9. The highest BCUT2D eigenvalue weighted by atomic mass is 16.5. The van der Waals surface area contributed by atoms with E-state index in [0.717, 1.165) is 31.1 Å². The van der Waals surface area contributed by atoms with Gasteiger partial charge in [0.15, 0.2) is 0 Å². The number of carbonyl (C=O) groups excluding carboxylic acids is 1. The Morgan fingerprint density at radius 2 is 1.21 bits per heavy atom.